The average Bonchev–Trinajstić information content (AvgIpc) is 2.55. The van der Waals surface area contributed by atoms with Gasteiger partial charge in [-0.3, -0.25) is 9.36 Å². The molecule has 0 bridgehead atoms. The number of allylic oxidation sites excluding steroid dienone is 2. The van der Waals surface area contributed by atoms with E-state index in [4.69, 9.17) is 0 Å². The number of aromatic nitrogens is 2. The fourth-order valence-electron chi connectivity index (χ4n) is 2.56. The highest BCUT2D eigenvalue weighted by molar-refractivity contribution is 5.84. The molecule has 2 aromatic heterocycles. The molecule has 0 amide bonds. The summed E-state index contributed by atoms with van der Waals surface area (Å²) in [7, 11) is 0. The number of para-hydroxylation sites is 1. The zero-order chi connectivity index (χ0) is 16.4. The summed E-state index contributed by atoms with van der Waals surface area (Å²) in [5.74, 6) is 0.0165. The van der Waals surface area contributed by atoms with E-state index in [2.05, 4.69) is 4.98 Å². The first-order chi connectivity index (χ1) is 11.1. The first-order valence-corrected chi connectivity index (χ1v) is 7.50. The molecule has 116 valence electrons. The minimum atomic E-state index is -0.239. The van der Waals surface area contributed by atoms with Gasteiger partial charge in [-0.15, -0.1) is 0 Å². The largest absolute Gasteiger partial charge is 0.507 e. The van der Waals surface area contributed by atoms with E-state index in [1.807, 2.05) is 50.3 Å². The average molecular weight is 306 g/mol. The van der Waals surface area contributed by atoms with Gasteiger partial charge in [0.2, 0.25) is 0 Å². The van der Waals surface area contributed by atoms with Crippen LogP contribution in [0.3, 0.4) is 0 Å². The molecule has 0 aliphatic carbocycles. The molecule has 0 saturated carbocycles. The molecule has 3 rings (SSSR count). The summed E-state index contributed by atoms with van der Waals surface area (Å²) >= 11 is 0. The van der Waals surface area contributed by atoms with Crippen LogP contribution in [0.25, 0.3) is 16.7 Å². The van der Waals surface area contributed by atoms with Crippen LogP contribution in [0.4, 0.5) is 0 Å². The summed E-state index contributed by atoms with van der Waals surface area (Å²) in [5, 5.41) is 11.1. The van der Waals surface area contributed by atoms with Gasteiger partial charge in [0.05, 0.1) is 16.6 Å². The summed E-state index contributed by atoms with van der Waals surface area (Å²) in [6, 6.07) is 12.9. The fourth-order valence-corrected chi connectivity index (χ4v) is 2.56. The third kappa shape index (κ3) is 2.75. The molecule has 2 heterocycles. The quantitative estimate of drug-likeness (QED) is 0.752. The maximum absolute atomic E-state index is 13.0. The van der Waals surface area contributed by atoms with Gasteiger partial charge in [0, 0.05) is 6.20 Å². The summed E-state index contributed by atoms with van der Waals surface area (Å²) in [6.07, 6.45) is 3.95. The van der Waals surface area contributed by atoms with E-state index in [1.54, 1.807) is 22.9 Å². The topological polar surface area (TPSA) is 55.1 Å². The van der Waals surface area contributed by atoms with Crippen LogP contribution in [0.5, 0.6) is 5.75 Å². The maximum atomic E-state index is 13.0. The van der Waals surface area contributed by atoms with Crippen LogP contribution in [0.1, 0.15) is 19.4 Å². The number of rotatable bonds is 3. The molecule has 0 aliphatic rings. The van der Waals surface area contributed by atoms with Gasteiger partial charge in [-0.2, -0.15) is 0 Å². The predicted molar refractivity (Wildman–Crippen MR) is 92.1 cm³/mol. The Balaban J connectivity index is 2.38. The summed E-state index contributed by atoms with van der Waals surface area (Å²) in [5.41, 5.74) is 2.44. The normalized spacial score (nSPS) is 10.7. The predicted octanol–water partition coefficient (Wildman–Crippen LogP) is 3.60. The third-order valence-corrected chi connectivity index (χ3v) is 3.73. The first kappa shape index (κ1) is 15.0. The van der Waals surface area contributed by atoms with E-state index in [0.29, 0.717) is 23.0 Å². The molecule has 0 atom stereocenters. The molecule has 0 saturated heterocycles. The molecular formula is C19H18N2O2. The van der Waals surface area contributed by atoms with Crippen molar-refractivity contribution in [1.82, 2.24) is 9.55 Å². The fraction of sp³-hybridized carbons (Fsp3) is 0.158. The van der Waals surface area contributed by atoms with E-state index in [0.717, 1.165) is 11.3 Å². The third-order valence-electron chi connectivity index (χ3n) is 3.73. The lowest BCUT2D eigenvalue weighted by atomic mass is 10.1. The van der Waals surface area contributed by atoms with Crippen molar-refractivity contribution in [3.63, 3.8) is 0 Å². The van der Waals surface area contributed by atoms with Crippen LogP contribution in [0, 0.1) is 0 Å². The van der Waals surface area contributed by atoms with E-state index < -0.39 is 0 Å². The first-order valence-electron chi connectivity index (χ1n) is 7.50. The highest BCUT2D eigenvalue weighted by Crippen LogP contribution is 2.27. The molecule has 4 nitrogen and oxygen atoms in total. The highest BCUT2D eigenvalue weighted by Gasteiger charge is 2.17. The van der Waals surface area contributed by atoms with Crippen molar-refractivity contribution in [1.29, 1.82) is 0 Å². The van der Waals surface area contributed by atoms with Crippen molar-refractivity contribution < 1.29 is 5.11 Å². The molecule has 0 spiro atoms. The Hall–Kier alpha value is -2.88. The number of nitrogens with zero attached hydrogens (tertiary/aromatic N) is 2. The number of benzene rings is 1. The van der Waals surface area contributed by atoms with Crippen molar-refractivity contribution in [2.75, 3.05) is 0 Å². The van der Waals surface area contributed by atoms with Crippen LogP contribution in [0.2, 0.25) is 0 Å². The van der Waals surface area contributed by atoms with Crippen LogP contribution in [-0.2, 0) is 6.42 Å². The molecular weight excluding hydrogens is 288 g/mol. The van der Waals surface area contributed by atoms with Crippen molar-refractivity contribution >= 4 is 11.0 Å². The zero-order valence-electron chi connectivity index (χ0n) is 13.2. The van der Waals surface area contributed by atoms with Gasteiger partial charge in [-0.1, -0.05) is 29.8 Å². The molecule has 0 radical (unpaired) electrons. The smallest absolute Gasteiger partial charge is 0.264 e. The van der Waals surface area contributed by atoms with E-state index in [9.17, 15) is 9.90 Å². The van der Waals surface area contributed by atoms with E-state index in [1.165, 1.54) is 0 Å². The lowest BCUT2D eigenvalue weighted by Crippen LogP contribution is -2.23. The number of hydrogen-bond donors (Lipinski definition) is 1. The van der Waals surface area contributed by atoms with Gasteiger partial charge in [0.25, 0.3) is 5.56 Å². The Kier molecular flexibility index (Phi) is 3.98. The molecule has 4 heteroatoms. The van der Waals surface area contributed by atoms with Crippen molar-refractivity contribution in [3.8, 4) is 11.4 Å². The summed E-state index contributed by atoms with van der Waals surface area (Å²) in [6.45, 7) is 3.94. The van der Waals surface area contributed by atoms with Crippen molar-refractivity contribution in [3.05, 3.63) is 76.2 Å². The molecule has 23 heavy (non-hydrogen) atoms. The molecule has 1 aromatic carbocycles. The Morgan fingerprint density at radius 1 is 1.17 bits per heavy atom. The zero-order valence-corrected chi connectivity index (χ0v) is 13.2. The standard InChI is InChI=1S/C19H18N2O2/c1-13(2)10-11-16-17(22)15-9-6-12-20-18(15)21(19(16)23)14-7-4-3-5-8-14/h3-10,12,22H,11H2,1-2H3. The minimum Gasteiger partial charge on any atom is -0.507 e. The highest BCUT2D eigenvalue weighted by atomic mass is 16.3. The van der Waals surface area contributed by atoms with Crippen molar-refractivity contribution in [2.24, 2.45) is 0 Å². The van der Waals surface area contributed by atoms with Gasteiger partial charge in [-0.25, -0.2) is 4.98 Å². The van der Waals surface area contributed by atoms with Gasteiger partial charge < -0.3 is 5.11 Å². The Labute approximate surface area is 134 Å². The molecule has 1 N–H and O–H groups in total. The van der Waals surface area contributed by atoms with Crippen molar-refractivity contribution in [2.45, 2.75) is 20.3 Å². The second kappa shape index (κ2) is 6.08. The molecule has 0 unspecified atom stereocenters. The Morgan fingerprint density at radius 3 is 2.61 bits per heavy atom. The van der Waals surface area contributed by atoms with Crippen LogP contribution in [-0.4, -0.2) is 14.7 Å². The minimum absolute atomic E-state index is 0.0165. The molecule has 3 aromatic rings. The number of hydrogen-bond acceptors (Lipinski definition) is 3. The van der Waals surface area contributed by atoms with Gasteiger partial charge in [0.15, 0.2) is 5.65 Å². The Bertz CT molecular complexity index is 937. The van der Waals surface area contributed by atoms with Gasteiger partial charge in [-0.05, 0) is 44.5 Å². The van der Waals surface area contributed by atoms with Crippen LogP contribution < -0.4 is 5.56 Å². The number of aromatic hydroxyl groups is 1. The maximum Gasteiger partial charge on any atom is 0.264 e. The summed E-state index contributed by atoms with van der Waals surface area (Å²) < 4.78 is 1.56. The lowest BCUT2D eigenvalue weighted by molar-refractivity contribution is 0.473. The van der Waals surface area contributed by atoms with Gasteiger partial charge >= 0.3 is 0 Å². The summed E-state index contributed by atoms with van der Waals surface area (Å²) in [4.78, 5) is 17.3. The van der Waals surface area contributed by atoms with Crippen LogP contribution in [0.15, 0.2) is 65.1 Å². The van der Waals surface area contributed by atoms with Gasteiger partial charge in [0.1, 0.15) is 5.75 Å². The van der Waals surface area contributed by atoms with Crippen LogP contribution >= 0.6 is 0 Å². The second-order valence-corrected chi connectivity index (χ2v) is 5.66. The molecule has 0 aliphatic heterocycles. The number of fused-ring (bicyclic) bond motifs is 1. The monoisotopic (exact) mass is 306 g/mol. The SMILES string of the molecule is CC(C)=CCc1c(O)c2cccnc2n(-c2ccccc2)c1=O. The Morgan fingerprint density at radius 2 is 1.91 bits per heavy atom. The van der Waals surface area contributed by atoms with E-state index >= 15 is 0 Å². The number of pyridine rings is 2. The van der Waals surface area contributed by atoms with E-state index in [-0.39, 0.29) is 11.3 Å². The molecule has 0 fully saturated rings. The second-order valence-electron chi connectivity index (χ2n) is 5.66. The lowest BCUT2D eigenvalue weighted by Gasteiger charge is -2.13.